The Morgan fingerprint density at radius 1 is 0.975 bits per heavy atom. The fraction of sp³-hybridized carbons (Fsp3) is 0.290. The van der Waals surface area contributed by atoms with Gasteiger partial charge in [-0.3, -0.25) is 14.4 Å². The zero-order valence-corrected chi connectivity index (χ0v) is 24.2. The van der Waals surface area contributed by atoms with E-state index in [2.05, 4.69) is 6.07 Å². The van der Waals surface area contributed by atoms with Gasteiger partial charge in [0.05, 0.1) is 36.5 Å². The third-order valence-corrected chi connectivity index (χ3v) is 7.99. The van der Waals surface area contributed by atoms with Gasteiger partial charge < -0.3 is 14.4 Å². The SMILES string of the molecule is COc1ccc(C(=O)N(C2CC(=O)N(c3ccc(-c4nc5ccc(C)cc5s4)cc3)C2=O)C(C)(C)C)cc1OC. The van der Waals surface area contributed by atoms with Gasteiger partial charge in [-0.25, -0.2) is 9.88 Å². The second kappa shape index (κ2) is 10.4. The molecule has 1 saturated heterocycles. The Kier molecular flexibility index (Phi) is 7.10. The van der Waals surface area contributed by atoms with E-state index < -0.39 is 17.5 Å². The number of fused-ring (bicyclic) bond motifs is 1. The van der Waals surface area contributed by atoms with Crippen LogP contribution < -0.4 is 14.4 Å². The van der Waals surface area contributed by atoms with E-state index in [1.807, 2.05) is 52.0 Å². The van der Waals surface area contributed by atoms with Crippen molar-refractivity contribution < 1.29 is 23.9 Å². The summed E-state index contributed by atoms with van der Waals surface area (Å²) < 4.78 is 11.8. The van der Waals surface area contributed by atoms with Crippen LogP contribution in [0.15, 0.2) is 60.7 Å². The number of ether oxygens (including phenoxy) is 2. The van der Waals surface area contributed by atoms with Crippen molar-refractivity contribution in [2.75, 3.05) is 19.1 Å². The summed E-state index contributed by atoms with van der Waals surface area (Å²) in [7, 11) is 3.01. The van der Waals surface area contributed by atoms with Crippen LogP contribution in [-0.4, -0.2) is 53.4 Å². The average Bonchev–Trinajstić information content (AvgIpc) is 3.47. The maximum absolute atomic E-state index is 13.8. The van der Waals surface area contributed by atoms with E-state index in [4.69, 9.17) is 14.5 Å². The minimum atomic E-state index is -0.944. The van der Waals surface area contributed by atoms with Crippen molar-refractivity contribution in [3.8, 4) is 22.1 Å². The number of nitrogens with zero attached hydrogens (tertiary/aromatic N) is 3. The number of anilines is 1. The summed E-state index contributed by atoms with van der Waals surface area (Å²) in [5.74, 6) is -0.266. The van der Waals surface area contributed by atoms with Crippen molar-refractivity contribution in [1.82, 2.24) is 9.88 Å². The molecule has 1 unspecified atom stereocenters. The lowest BCUT2D eigenvalue weighted by Crippen LogP contribution is -2.54. The smallest absolute Gasteiger partial charge is 0.257 e. The number of amides is 3. The number of carbonyl (C=O) groups is 3. The van der Waals surface area contributed by atoms with Crippen molar-refractivity contribution >= 4 is 45.0 Å². The number of hydrogen-bond acceptors (Lipinski definition) is 7. The molecule has 3 aromatic carbocycles. The quantitative estimate of drug-likeness (QED) is 0.276. The molecule has 206 valence electrons. The van der Waals surface area contributed by atoms with E-state index in [1.165, 1.54) is 29.6 Å². The summed E-state index contributed by atoms with van der Waals surface area (Å²) in [6.45, 7) is 7.59. The van der Waals surface area contributed by atoms with Crippen molar-refractivity contribution in [3.05, 3.63) is 71.8 Å². The Balaban J connectivity index is 1.42. The molecule has 2 heterocycles. The number of aryl methyl sites for hydroxylation is 1. The summed E-state index contributed by atoms with van der Waals surface area (Å²) in [5, 5.41) is 0.864. The molecular formula is C31H31N3O5S. The maximum atomic E-state index is 13.8. The third kappa shape index (κ3) is 4.93. The van der Waals surface area contributed by atoms with Gasteiger partial charge in [0, 0.05) is 16.7 Å². The van der Waals surface area contributed by atoms with Crippen LogP contribution in [0.2, 0.25) is 0 Å². The molecular weight excluding hydrogens is 526 g/mol. The molecule has 1 aromatic heterocycles. The molecule has 8 nitrogen and oxygen atoms in total. The molecule has 0 saturated carbocycles. The summed E-state index contributed by atoms with van der Waals surface area (Å²) in [6.07, 6.45) is -0.103. The van der Waals surface area contributed by atoms with E-state index in [-0.39, 0.29) is 18.2 Å². The van der Waals surface area contributed by atoms with Gasteiger partial charge in [0.2, 0.25) is 5.91 Å². The lowest BCUT2D eigenvalue weighted by atomic mass is 9.99. The molecule has 9 heteroatoms. The normalized spacial score (nSPS) is 15.6. The zero-order valence-electron chi connectivity index (χ0n) is 23.3. The van der Waals surface area contributed by atoms with Crippen LogP contribution >= 0.6 is 11.3 Å². The van der Waals surface area contributed by atoms with Crippen LogP contribution in [0.5, 0.6) is 11.5 Å². The van der Waals surface area contributed by atoms with Gasteiger partial charge in [0.25, 0.3) is 11.8 Å². The first kappa shape index (κ1) is 27.3. The van der Waals surface area contributed by atoms with Crippen LogP contribution in [-0.2, 0) is 9.59 Å². The average molecular weight is 558 g/mol. The molecule has 0 N–H and O–H groups in total. The monoisotopic (exact) mass is 557 g/mol. The van der Waals surface area contributed by atoms with Gasteiger partial charge >= 0.3 is 0 Å². The number of hydrogen-bond donors (Lipinski definition) is 0. The Labute approximate surface area is 237 Å². The first-order valence-electron chi connectivity index (χ1n) is 12.9. The Morgan fingerprint density at radius 2 is 1.68 bits per heavy atom. The van der Waals surface area contributed by atoms with Crippen LogP contribution in [0.4, 0.5) is 5.69 Å². The molecule has 0 spiro atoms. The second-order valence-electron chi connectivity index (χ2n) is 10.7. The lowest BCUT2D eigenvalue weighted by molar-refractivity contribution is -0.123. The maximum Gasteiger partial charge on any atom is 0.257 e. The summed E-state index contributed by atoms with van der Waals surface area (Å²) in [6, 6.07) is 17.3. The van der Waals surface area contributed by atoms with Crippen molar-refractivity contribution in [2.45, 2.75) is 45.7 Å². The number of aromatic nitrogens is 1. The van der Waals surface area contributed by atoms with E-state index in [1.54, 1.807) is 41.7 Å². The highest BCUT2D eigenvalue weighted by atomic mass is 32.1. The highest BCUT2D eigenvalue weighted by Crippen LogP contribution is 2.35. The summed E-state index contributed by atoms with van der Waals surface area (Å²) in [4.78, 5) is 48.1. The molecule has 0 bridgehead atoms. The third-order valence-electron chi connectivity index (χ3n) is 6.92. The van der Waals surface area contributed by atoms with Gasteiger partial charge in [0.15, 0.2) is 11.5 Å². The zero-order chi connectivity index (χ0) is 28.8. The highest BCUT2D eigenvalue weighted by Gasteiger charge is 2.47. The largest absolute Gasteiger partial charge is 0.493 e. The molecule has 1 atom stereocenters. The first-order valence-corrected chi connectivity index (χ1v) is 13.7. The van der Waals surface area contributed by atoms with Crippen LogP contribution in [0.25, 0.3) is 20.8 Å². The predicted molar refractivity (Wildman–Crippen MR) is 156 cm³/mol. The number of rotatable bonds is 6. The minimum absolute atomic E-state index is 0.103. The Bertz CT molecular complexity index is 1620. The van der Waals surface area contributed by atoms with Crippen molar-refractivity contribution in [2.24, 2.45) is 0 Å². The number of carbonyl (C=O) groups excluding carboxylic acids is 3. The predicted octanol–water partition coefficient (Wildman–Crippen LogP) is 5.86. The summed E-state index contributed by atoms with van der Waals surface area (Å²) in [5.41, 5.74) is 3.07. The molecule has 1 fully saturated rings. The number of thiazole rings is 1. The van der Waals surface area contributed by atoms with E-state index in [0.717, 1.165) is 20.8 Å². The fourth-order valence-corrected chi connectivity index (χ4v) is 6.09. The lowest BCUT2D eigenvalue weighted by Gasteiger charge is -2.39. The molecule has 4 aromatic rings. The molecule has 0 aliphatic carbocycles. The van der Waals surface area contributed by atoms with Crippen LogP contribution in [0, 0.1) is 6.92 Å². The van der Waals surface area contributed by atoms with Gasteiger partial charge in [-0.15, -0.1) is 11.3 Å². The molecule has 5 rings (SSSR count). The highest BCUT2D eigenvalue weighted by molar-refractivity contribution is 7.21. The summed E-state index contributed by atoms with van der Waals surface area (Å²) >= 11 is 1.60. The standard InChI is InChI=1S/C31H31N3O5S/c1-18-7-13-22-26(15-18)40-28(32-22)19-8-11-21(12-9-19)33-27(35)17-23(30(33)37)34(31(2,3)4)29(36)20-10-14-24(38-5)25(16-20)39-6/h7-16,23H,17H2,1-6H3. The van der Waals surface area contributed by atoms with Gasteiger partial charge in [-0.1, -0.05) is 6.07 Å². The first-order chi connectivity index (χ1) is 19.0. The Morgan fingerprint density at radius 3 is 2.33 bits per heavy atom. The minimum Gasteiger partial charge on any atom is -0.493 e. The number of methoxy groups -OCH3 is 2. The fourth-order valence-electron chi connectivity index (χ4n) is 5.02. The van der Waals surface area contributed by atoms with Crippen molar-refractivity contribution in [3.63, 3.8) is 0 Å². The second-order valence-corrected chi connectivity index (χ2v) is 11.8. The van der Waals surface area contributed by atoms with Crippen LogP contribution in [0.3, 0.4) is 0 Å². The van der Waals surface area contributed by atoms with Gasteiger partial charge in [-0.05, 0) is 87.9 Å². The molecule has 1 aliphatic rings. The van der Waals surface area contributed by atoms with Crippen LogP contribution in [0.1, 0.15) is 43.1 Å². The number of imide groups is 1. The molecule has 3 amide bonds. The molecule has 40 heavy (non-hydrogen) atoms. The van der Waals surface area contributed by atoms with E-state index >= 15 is 0 Å². The van der Waals surface area contributed by atoms with E-state index in [0.29, 0.717) is 22.7 Å². The van der Waals surface area contributed by atoms with Gasteiger partial charge in [0.1, 0.15) is 11.0 Å². The topological polar surface area (TPSA) is 89.0 Å². The Hall–Kier alpha value is -4.24. The number of benzene rings is 3. The van der Waals surface area contributed by atoms with E-state index in [9.17, 15) is 14.4 Å². The van der Waals surface area contributed by atoms with Gasteiger partial charge in [-0.2, -0.15) is 0 Å². The molecule has 1 aliphatic heterocycles. The van der Waals surface area contributed by atoms with Crippen molar-refractivity contribution in [1.29, 1.82) is 0 Å². The molecule has 0 radical (unpaired) electrons.